The van der Waals surface area contributed by atoms with E-state index in [1.165, 1.54) is 0 Å². The molecule has 1 fully saturated rings. The van der Waals surface area contributed by atoms with Crippen molar-refractivity contribution in [3.8, 4) is 5.75 Å². The maximum atomic E-state index is 11.9. The summed E-state index contributed by atoms with van der Waals surface area (Å²) in [4.78, 5) is 22.8. The van der Waals surface area contributed by atoms with Crippen LogP contribution in [0.4, 0.5) is 0 Å². The summed E-state index contributed by atoms with van der Waals surface area (Å²) in [5.41, 5.74) is 0.962. The molecule has 1 aromatic carbocycles. The molecule has 0 aliphatic heterocycles. The second-order valence-electron chi connectivity index (χ2n) is 6.32. The molecule has 1 saturated carbocycles. The molecule has 0 unspecified atom stereocenters. The summed E-state index contributed by atoms with van der Waals surface area (Å²) in [6.07, 6.45) is 3.80. The lowest BCUT2D eigenvalue weighted by molar-refractivity contribution is -0.142. The van der Waals surface area contributed by atoms with E-state index in [2.05, 4.69) is 5.32 Å². The molecule has 0 radical (unpaired) electrons. The quantitative estimate of drug-likeness (QED) is 0.735. The number of hydrogen-bond donors (Lipinski definition) is 2. The highest BCUT2D eigenvalue weighted by Gasteiger charge is 2.26. The van der Waals surface area contributed by atoms with Crippen molar-refractivity contribution < 1.29 is 19.4 Å². The van der Waals surface area contributed by atoms with Gasteiger partial charge in [-0.2, -0.15) is 0 Å². The first kappa shape index (κ1) is 18.6. The van der Waals surface area contributed by atoms with Crippen LogP contribution in [0.2, 0.25) is 5.02 Å². The minimum Gasteiger partial charge on any atom is -0.494 e. The van der Waals surface area contributed by atoms with Crippen molar-refractivity contribution in [3.63, 3.8) is 0 Å². The van der Waals surface area contributed by atoms with Crippen LogP contribution in [0.5, 0.6) is 5.75 Å². The van der Waals surface area contributed by atoms with E-state index in [9.17, 15) is 9.59 Å². The summed E-state index contributed by atoms with van der Waals surface area (Å²) in [6, 6.07) is 5.60. The van der Waals surface area contributed by atoms with Gasteiger partial charge in [-0.15, -0.1) is 0 Å². The van der Waals surface area contributed by atoms with Gasteiger partial charge in [0.05, 0.1) is 12.5 Å². The lowest BCUT2D eigenvalue weighted by Crippen LogP contribution is -2.38. The molecule has 6 heteroatoms. The Labute approximate surface area is 147 Å². The number of nitrogens with one attached hydrogen (secondary N) is 1. The summed E-state index contributed by atoms with van der Waals surface area (Å²) in [6.45, 7) is 2.39. The Hall–Kier alpha value is -1.75. The third kappa shape index (κ3) is 5.71. The summed E-state index contributed by atoms with van der Waals surface area (Å²) in [7, 11) is 0. The molecule has 132 valence electrons. The number of benzene rings is 1. The summed E-state index contributed by atoms with van der Waals surface area (Å²) in [5.74, 6) is -0.224. The van der Waals surface area contributed by atoms with Gasteiger partial charge in [-0.1, -0.05) is 11.6 Å². The number of carboxylic acid groups (broad SMARTS) is 1. The standard InChI is InChI=1S/C18H24ClNO4/c1-12-11-15(8-9-16(12)19)24-10-2-3-17(21)20-14-6-4-13(5-7-14)18(22)23/h8-9,11,13-14H,2-7,10H2,1H3,(H,20,21)(H,22,23). The van der Waals surface area contributed by atoms with Crippen LogP contribution >= 0.6 is 11.6 Å². The van der Waals surface area contributed by atoms with E-state index in [0.717, 1.165) is 24.2 Å². The van der Waals surface area contributed by atoms with Crippen LogP contribution in [0.15, 0.2) is 18.2 Å². The molecule has 2 rings (SSSR count). The van der Waals surface area contributed by atoms with Gasteiger partial charge in [0.15, 0.2) is 0 Å². The van der Waals surface area contributed by atoms with Crippen molar-refractivity contribution in [1.82, 2.24) is 5.32 Å². The molecule has 0 saturated heterocycles. The molecule has 0 heterocycles. The van der Waals surface area contributed by atoms with Crippen LogP contribution in [0.25, 0.3) is 0 Å². The number of carbonyl (C=O) groups is 2. The Morgan fingerprint density at radius 1 is 1.29 bits per heavy atom. The molecule has 0 atom stereocenters. The molecule has 0 spiro atoms. The fraction of sp³-hybridized carbons (Fsp3) is 0.556. The van der Waals surface area contributed by atoms with Crippen LogP contribution in [0.1, 0.15) is 44.1 Å². The van der Waals surface area contributed by atoms with Gasteiger partial charge in [0.1, 0.15) is 5.75 Å². The zero-order valence-corrected chi connectivity index (χ0v) is 14.6. The van der Waals surface area contributed by atoms with Gasteiger partial charge >= 0.3 is 5.97 Å². The van der Waals surface area contributed by atoms with Crippen molar-refractivity contribution >= 4 is 23.5 Å². The largest absolute Gasteiger partial charge is 0.494 e. The summed E-state index contributed by atoms with van der Waals surface area (Å²) < 4.78 is 5.62. The maximum absolute atomic E-state index is 11.9. The first-order chi connectivity index (χ1) is 11.5. The molecule has 1 aliphatic rings. The molecular formula is C18H24ClNO4. The SMILES string of the molecule is Cc1cc(OCCCC(=O)NC2CCC(C(=O)O)CC2)ccc1Cl. The van der Waals surface area contributed by atoms with E-state index < -0.39 is 5.97 Å². The van der Waals surface area contributed by atoms with Crippen molar-refractivity contribution in [1.29, 1.82) is 0 Å². The first-order valence-corrected chi connectivity index (χ1v) is 8.74. The van der Waals surface area contributed by atoms with E-state index in [-0.39, 0.29) is 17.9 Å². The van der Waals surface area contributed by atoms with Crippen LogP contribution in [0.3, 0.4) is 0 Å². The second kappa shape index (κ2) is 8.92. The van der Waals surface area contributed by atoms with Crippen LogP contribution in [-0.4, -0.2) is 29.6 Å². The van der Waals surface area contributed by atoms with Gasteiger partial charge in [0.2, 0.25) is 5.91 Å². The monoisotopic (exact) mass is 353 g/mol. The molecule has 1 amide bonds. The van der Waals surface area contributed by atoms with Gasteiger partial charge in [0.25, 0.3) is 0 Å². The smallest absolute Gasteiger partial charge is 0.306 e. The molecule has 2 N–H and O–H groups in total. The fourth-order valence-corrected chi connectivity index (χ4v) is 3.03. The molecule has 1 aliphatic carbocycles. The number of halogens is 1. The Balaban J connectivity index is 1.61. The lowest BCUT2D eigenvalue weighted by atomic mass is 9.86. The minimum atomic E-state index is -0.727. The average Bonchev–Trinajstić information content (AvgIpc) is 2.55. The number of aliphatic carboxylic acids is 1. The maximum Gasteiger partial charge on any atom is 0.306 e. The average molecular weight is 354 g/mol. The van der Waals surface area contributed by atoms with Crippen LogP contribution < -0.4 is 10.1 Å². The number of rotatable bonds is 7. The van der Waals surface area contributed by atoms with E-state index in [0.29, 0.717) is 37.3 Å². The summed E-state index contributed by atoms with van der Waals surface area (Å²) in [5, 5.41) is 12.7. The number of carbonyl (C=O) groups excluding carboxylic acids is 1. The lowest BCUT2D eigenvalue weighted by Gasteiger charge is -2.26. The molecule has 0 aromatic heterocycles. The number of carboxylic acids is 1. The Bertz CT molecular complexity index is 582. The number of ether oxygens (including phenoxy) is 1. The van der Waals surface area contributed by atoms with Gasteiger partial charge in [0, 0.05) is 17.5 Å². The Morgan fingerprint density at radius 2 is 2.00 bits per heavy atom. The van der Waals surface area contributed by atoms with Gasteiger partial charge in [-0.3, -0.25) is 9.59 Å². The Morgan fingerprint density at radius 3 is 2.62 bits per heavy atom. The van der Waals surface area contributed by atoms with E-state index >= 15 is 0 Å². The van der Waals surface area contributed by atoms with Gasteiger partial charge in [-0.25, -0.2) is 0 Å². The molecule has 24 heavy (non-hydrogen) atoms. The van der Waals surface area contributed by atoms with E-state index in [4.69, 9.17) is 21.4 Å². The molecule has 5 nitrogen and oxygen atoms in total. The van der Waals surface area contributed by atoms with Crippen LogP contribution in [-0.2, 0) is 9.59 Å². The highest BCUT2D eigenvalue weighted by molar-refractivity contribution is 6.31. The number of amides is 1. The van der Waals surface area contributed by atoms with E-state index in [1.54, 1.807) is 6.07 Å². The zero-order chi connectivity index (χ0) is 17.5. The predicted octanol–water partition coefficient (Wildman–Crippen LogP) is 3.57. The highest BCUT2D eigenvalue weighted by Crippen LogP contribution is 2.24. The van der Waals surface area contributed by atoms with E-state index in [1.807, 2.05) is 19.1 Å². The zero-order valence-electron chi connectivity index (χ0n) is 13.9. The van der Waals surface area contributed by atoms with Crippen LogP contribution in [0, 0.1) is 12.8 Å². The van der Waals surface area contributed by atoms with Crippen molar-refractivity contribution in [2.24, 2.45) is 5.92 Å². The van der Waals surface area contributed by atoms with Crippen molar-refractivity contribution in [2.45, 2.75) is 51.5 Å². The predicted molar refractivity (Wildman–Crippen MR) is 92.4 cm³/mol. The van der Waals surface area contributed by atoms with Crippen molar-refractivity contribution in [3.05, 3.63) is 28.8 Å². The number of aryl methyl sites for hydroxylation is 1. The van der Waals surface area contributed by atoms with Gasteiger partial charge < -0.3 is 15.2 Å². The highest BCUT2D eigenvalue weighted by atomic mass is 35.5. The normalized spacial score (nSPS) is 20.4. The number of hydrogen-bond acceptors (Lipinski definition) is 3. The fourth-order valence-electron chi connectivity index (χ4n) is 2.91. The third-order valence-electron chi connectivity index (χ3n) is 4.39. The van der Waals surface area contributed by atoms with Gasteiger partial charge in [-0.05, 0) is 62.8 Å². The molecule has 0 bridgehead atoms. The Kier molecular flexibility index (Phi) is 6.91. The minimum absolute atomic E-state index is 0.00432. The molecular weight excluding hydrogens is 330 g/mol. The second-order valence-corrected chi connectivity index (χ2v) is 6.72. The van der Waals surface area contributed by atoms with Crippen molar-refractivity contribution in [2.75, 3.05) is 6.61 Å². The molecule has 1 aromatic rings. The first-order valence-electron chi connectivity index (χ1n) is 8.37. The third-order valence-corrected chi connectivity index (χ3v) is 4.81. The summed E-state index contributed by atoms with van der Waals surface area (Å²) >= 11 is 5.96. The topological polar surface area (TPSA) is 75.6 Å².